The molecular formula is C42H27N3O2. The molecule has 0 amide bonds. The zero-order chi connectivity index (χ0) is 31.3. The minimum absolute atomic E-state index is 0.104. The number of hydrogen-bond acceptors (Lipinski definition) is 5. The molecular weight excluding hydrogens is 578 g/mol. The van der Waals surface area contributed by atoms with Crippen LogP contribution in [0.3, 0.4) is 0 Å². The molecule has 0 radical (unpaired) electrons. The van der Waals surface area contributed by atoms with E-state index in [0.717, 1.165) is 60.6 Å². The van der Waals surface area contributed by atoms with Gasteiger partial charge in [-0.25, -0.2) is 15.0 Å². The summed E-state index contributed by atoms with van der Waals surface area (Å²) in [7, 11) is 0. The highest BCUT2D eigenvalue weighted by Crippen LogP contribution is 2.53. The smallest absolute Gasteiger partial charge is 0.167 e. The van der Waals surface area contributed by atoms with Gasteiger partial charge in [0.2, 0.25) is 0 Å². The van der Waals surface area contributed by atoms with Gasteiger partial charge >= 0.3 is 0 Å². The summed E-state index contributed by atoms with van der Waals surface area (Å²) in [6.45, 7) is 4.59. The van der Waals surface area contributed by atoms with Gasteiger partial charge in [-0.3, -0.25) is 0 Å². The summed E-state index contributed by atoms with van der Waals surface area (Å²) in [4.78, 5) is 14.8. The van der Waals surface area contributed by atoms with Crippen molar-refractivity contribution in [1.82, 2.24) is 15.0 Å². The van der Waals surface area contributed by atoms with Gasteiger partial charge in [0, 0.05) is 38.3 Å². The summed E-state index contributed by atoms with van der Waals surface area (Å²) in [6.07, 6.45) is 0. The molecule has 10 rings (SSSR count). The predicted octanol–water partition coefficient (Wildman–Crippen LogP) is 11.0. The van der Waals surface area contributed by atoms with E-state index in [9.17, 15) is 0 Å². The minimum atomic E-state index is -0.104. The van der Waals surface area contributed by atoms with Crippen molar-refractivity contribution < 1.29 is 8.83 Å². The van der Waals surface area contributed by atoms with E-state index in [-0.39, 0.29) is 5.41 Å². The molecule has 3 aromatic heterocycles. The average molecular weight is 606 g/mol. The summed E-state index contributed by atoms with van der Waals surface area (Å²) in [5.74, 6) is 1.78. The van der Waals surface area contributed by atoms with E-state index >= 15 is 0 Å². The maximum atomic E-state index is 6.92. The van der Waals surface area contributed by atoms with Gasteiger partial charge in [-0.15, -0.1) is 0 Å². The van der Waals surface area contributed by atoms with Crippen molar-refractivity contribution in [2.45, 2.75) is 19.3 Å². The molecule has 0 bridgehead atoms. The van der Waals surface area contributed by atoms with E-state index in [2.05, 4.69) is 68.4 Å². The van der Waals surface area contributed by atoms with Crippen LogP contribution in [0, 0.1) is 0 Å². The molecule has 0 N–H and O–H groups in total. The van der Waals surface area contributed by atoms with Crippen molar-refractivity contribution in [3.05, 3.63) is 139 Å². The van der Waals surface area contributed by atoms with E-state index in [1.54, 1.807) is 0 Å². The molecule has 5 nitrogen and oxygen atoms in total. The number of benzene rings is 6. The zero-order valence-electron chi connectivity index (χ0n) is 25.8. The van der Waals surface area contributed by atoms with Gasteiger partial charge in [-0.2, -0.15) is 0 Å². The number of nitrogens with zero attached hydrogens (tertiary/aromatic N) is 3. The molecule has 0 atom stereocenters. The second-order valence-corrected chi connectivity index (χ2v) is 12.8. The molecule has 0 aliphatic heterocycles. The standard InChI is InChI=1S/C42H27N3O2/c1-42(2)31-19-10-9-16-28(31)34-32(42)22-20-26-27-21-23-33-35(38(27)47-37(26)34)29-17-11-18-30(36(29)46-33)41-44-39(24-12-5-3-6-13-24)43-40(45-41)25-14-7-4-8-15-25/h3-23H,1-2H3. The molecule has 6 aromatic carbocycles. The van der Waals surface area contributed by atoms with E-state index in [4.69, 9.17) is 23.8 Å². The fraction of sp³-hybridized carbons (Fsp3) is 0.0714. The third-order valence-corrected chi connectivity index (χ3v) is 9.75. The van der Waals surface area contributed by atoms with E-state index in [1.807, 2.05) is 72.8 Å². The van der Waals surface area contributed by atoms with Crippen molar-refractivity contribution in [3.63, 3.8) is 0 Å². The van der Waals surface area contributed by atoms with Crippen LogP contribution in [0.15, 0.2) is 136 Å². The van der Waals surface area contributed by atoms with Crippen LogP contribution in [0.5, 0.6) is 0 Å². The Morgan fingerprint density at radius 1 is 0.447 bits per heavy atom. The molecule has 5 heteroatoms. The minimum Gasteiger partial charge on any atom is -0.455 e. The van der Waals surface area contributed by atoms with Crippen LogP contribution in [0.2, 0.25) is 0 Å². The van der Waals surface area contributed by atoms with E-state index in [1.165, 1.54) is 22.3 Å². The van der Waals surface area contributed by atoms with E-state index in [0.29, 0.717) is 17.5 Å². The van der Waals surface area contributed by atoms with Crippen molar-refractivity contribution in [3.8, 4) is 45.3 Å². The van der Waals surface area contributed by atoms with Crippen LogP contribution >= 0.6 is 0 Å². The van der Waals surface area contributed by atoms with Gasteiger partial charge in [-0.05, 0) is 34.9 Å². The number of furan rings is 2. The number of para-hydroxylation sites is 1. The molecule has 47 heavy (non-hydrogen) atoms. The van der Waals surface area contributed by atoms with Gasteiger partial charge in [0.25, 0.3) is 0 Å². The average Bonchev–Trinajstić information content (AvgIpc) is 3.76. The fourth-order valence-electron chi connectivity index (χ4n) is 7.46. The van der Waals surface area contributed by atoms with Gasteiger partial charge < -0.3 is 8.83 Å². The van der Waals surface area contributed by atoms with Crippen molar-refractivity contribution in [2.24, 2.45) is 0 Å². The summed E-state index contributed by atoms with van der Waals surface area (Å²) in [6, 6.07) is 43.5. The Morgan fingerprint density at radius 3 is 1.81 bits per heavy atom. The Morgan fingerprint density at radius 2 is 1.06 bits per heavy atom. The molecule has 0 unspecified atom stereocenters. The largest absolute Gasteiger partial charge is 0.455 e. The van der Waals surface area contributed by atoms with Crippen LogP contribution in [0.4, 0.5) is 0 Å². The highest BCUT2D eigenvalue weighted by molar-refractivity contribution is 6.24. The maximum absolute atomic E-state index is 6.92. The third kappa shape index (κ3) is 3.68. The first-order chi connectivity index (χ1) is 23.1. The van der Waals surface area contributed by atoms with Gasteiger partial charge in [0.05, 0.1) is 10.9 Å². The number of aromatic nitrogens is 3. The summed E-state index contributed by atoms with van der Waals surface area (Å²) < 4.78 is 13.6. The summed E-state index contributed by atoms with van der Waals surface area (Å²) in [5, 5.41) is 4.09. The highest BCUT2D eigenvalue weighted by Gasteiger charge is 2.37. The Kier molecular flexibility index (Phi) is 5.28. The van der Waals surface area contributed by atoms with Crippen LogP contribution in [0.25, 0.3) is 89.2 Å². The molecule has 1 aliphatic rings. The van der Waals surface area contributed by atoms with E-state index < -0.39 is 0 Å². The fourth-order valence-corrected chi connectivity index (χ4v) is 7.46. The van der Waals surface area contributed by atoms with Gasteiger partial charge in [0.1, 0.15) is 22.3 Å². The lowest BCUT2D eigenvalue weighted by Crippen LogP contribution is -2.14. The molecule has 222 valence electrons. The monoisotopic (exact) mass is 605 g/mol. The maximum Gasteiger partial charge on any atom is 0.167 e. The second kappa shape index (κ2) is 9.47. The zero-order valence-corrected chi connectivity index (χ0v) is 25.8. The molecule has 1 aliphatic carbocycles. The summed E-state index contributed by atoms with van der Waals surface area (Å²) >= 11 is 0. The molecule has 9 aromatic rings. The Balaban J connectivity index is 1.23. The van der Waals surface area contributed by atoms with Crippen molar-refractivity contribution in [2.75, 3.05) is 0 Å². The van der Waals surface area contributed by atoms with Crippen molar-refractivity contribution in [1.29, 1.82) is 0 Å². The van der Waals surface area contributed by atoms with Crippen LogP contribution < -0.4 is 0 Å². The molecule has 3 heterocycles. The highest BCUT2D eigenvalue weighted by atomic mass is 16.3. The normalized spacial score (nSPS) is 13.5. The van der Waals surface area contributed by atoms with Gasteiger partial charge in [-0.1, -0.05) is 123 Å². The van der Waals surface area contributed by atoms with Crippen LogP contribution in [-0.2, 0) is 5.41 Å². The van der Waals surface area contributed by atoms with Crippen molar-refractivity contribution >= 4 is 43.9 Å². The van der Waals surface area contributed by atoms with Crippen LogP contribution in [-0.4, -0.2) is 15.0 Å². The number of rotatable bonds is 3. The summed E-state index contributed by atoms with van der Waals surface area (Å²) in [5.41, 5.74) is 10.8. The Hall–Kier alpha value is -6.07. The lowest BCUT2D eigenvalue weighted by molar-refractivity contribution is 0.653. The van der Waals surface area contributed by atoms with Crippen LogP contribution in [0.1, 0.15) is 25.0 Å². The number of fused-ring (bicyclic) bond motifs is 11. The second-order valence-electron chi connectivity index (χ2n) is 12.8. The quantitative estimate of drug-likeness (QED) is 0.200. The third-order valence-electron chi connectivity index (χ3n) is 9.75. The molecule has 0 spiro atoms. The number of hydrogen-bond donors (Lipinski definition) is 0. The Labute approximate surface area is 270 Å². The first kappa shape index (κ1) is 26.2. The Bertz CT molecular complexity index is 2650. The molecule has 0 fully saturated rings. The molecule has 0 saturated heterocycles. The topological polar surface area (TPSA) is 65.0 Å². The lowest BCUT2D eigenvalue weighted by Gasteiger charge is -2.21. The SMILES string of the molecule is CC1(C)c2ccccc2-c2c1ccc1c2oc2c1ccc1oc3c(-c4nc(-c5ccccc5)nc(-c5ccccc5)n4)cccc3c12. The first-order valence-corrected chi connectivity index (χ1v) is 15.9. The first-order valence-electron chi connectivity index (χ1n) is 15.9. The van der Waals surface area contributed by atoms with Gasteiger partial charge in [0.15, 0.2) is 17.5 Å². The predicted molar refractivity (Wildman–Crippen MR) is 188 cm³/mol. The molecule has 0 saturated carbocycles. The lowest BCUT2D eigenvalue weighted by atomic mass is 9.82.